The van der Waals surface area contributed by atoms with Crippen molar-refractivity contribution in [2.24, 2.45) is 0 Å². The maximum absolute atomic E-state index is 12.5. The first kappa shape index (κ1) is 21.9. The molecule has 3 aromatic rings. The number of benzene rings is 1. The van der Waals surface area contributed by atoms with Crippen molar-refractivity contribution >= 4 is 22.8 Å². The number of rotatable bonds is 8. The summed E-state index contributed by atoms with van der Waals surface area (Å²) in [6.07, 6.45) is 4.21. The third kappa shape index (κ3) is 4.76. The Balaban J connectivity index is 1.42. The van der Waals surface area contributed by atoms with Gasteiger partial charge in [0.1, 0.15) is 28.5 Å². The van der Waals surface area contributed by atoms with E-state index in [1.54, 1.807) is 20.3 Å². The summed E-state index contributed by atoms with van der Waals surface area (Å²) >= 11 is 0. The fraction of sp³-hybridized carbons (Fsp3) is 0.478. The van der Waals surface area contributed by atoms with Gasteiger partial charge in [-0.25, -0.2) is 4.98 Å². The number of amides is 1. The molecule has 3 heterocycles. The Bertz CT molecular complexity index is 1090. The molecule has 0 radical (unpaired) electrons. The highest BCUT2D eigenvalue weighted by molar-refractivity contribution is 5.88. The number of aryl methyl sites for hydroxylation is 2. The van der Waals surface area contributed by atoms with Crippen LogP contribution in [-0.4, -0.2) is 48.3 Å². The molecule has 1 aromatic carbocycles. The van der Waals surface area contributed by atoms with Crippen molar-refractivity contribution in [3.63, 3.8) is 0 Å². The highest BCUT2D eigenvalue weighted by atomic mass is 16.5. The number of hydrogen-bond acceptors (Lipinski definition) is 8. The minimum Gasteiger partial charge on any atom is -0.497 e. The first-order valence-electron chi connectivity index (χ1n) is 10.9. The Hall–Kier alpha value is -3.36. The van der Waals surface area contributed by atoms with Gasteiger partial charge in [-0.1, -0.05) is 5.16 Å². The third-order valence-electron chi connectivity index (χ3n) is 5.74. The van der Waals surface area contributed by atoms with Gasteiger partial charge >= 0.3 is 0 Å². The quantitative estimate of drug-likeness (QED) is 0.571. The maximum Gasteiger partial charge on any atom is 0.263 e. The minimum absolute atomic E-state index is 0.0835. The Kier molecular flexibility index (Phi) is 6.72. The largest absolute Gasteiger partial charge is 0.497 e. The normalized spacial score (nSPS) is 13.9. The predicted octanol–water partition coefficient (Wildman–Crippen LogP) is 3.18. The standard InChI is InChI=1S/C23H29N5O4/c1-15-21-22(28-11-5-4-6-12-28)25-19(26-23(21)32-27-15)9-10-20(29)24-14-16-7-8-17(30-2)13-18(16)31-3/h7-8,13H,4-6,9-12,14H2,1-3H3,(H,24,29). The van der Waals surface area contributed by atoms with Crippen molar-refractivity contribution in [2.45, 2.75) is 45.6 Å². The third-order valence-corrected chi connectivity index (χ3v) is 5.74. The van der Waals surface area contributed by atoms with Crippen LogP contribution in [0.1, 0.15) is 42.8 Å². The van der Waals surface area contributed by atoms with Gasteiger partial charge in [-0.3, -0.25) is 4.79 Å². The van der Waals surface area contributed by atoms with Crippen LogP contribution in [0.5, 0.6) is 11.5 Å². The van der Waals surface area contributed by atoms with Crippen molar-refractivity contribution in [3.8, 4) is 11.5 Å². The van der Waals surface area contributed by atoms with Crippen LogP contribution in [0.3, 0.4) is 0 Å². The zero-order valence-corrected chi connectivity index (χ0v) is 18.8. The fourth-order valence-corrected chi connectivity index (χ4v) is 3.96. The predicted molar refractivity (Wildman–Crippen MR) is 120 cm³/mol. The van der Waals surface area contributed by atoms with Gasteiger partial charge in [0.05, 0.1) is 19.9 Å². The molecule has 1 aliphatic heterocycles. The second-order valence-corrected chi connectivity index (χ2v) is 7.91. The first-order valence-corrected chi connectivity index (χ1v) is 10.9. The van der Waals surface area contributed by atoms with Crippen molar-refractivity contribution in [1.82, 2.24) is 20.4 Å². The summed E-state index contributed by atoms with van der Waals surface area (Å²) in [6.45, 7) is 4.19. The molecule has 1 N–H and O–H groups in total. The summed E-state index contributed by atoms with van der Waals surface area (Å²) in [5.41, 5.74) is 2.15. The van der Waals surface area contributed by atoms with Crippen LogP contribution in [-0.2, 0) is 17.8 Å². The van der Waals surface area contributed by atoms with Crippen molar-refractivity contribution in [1.29, 1.82) is 0 Å². The number of methoxy groups -OCH3 is 2. The van der Waals surface area contributed by atoms with Gasteiger partial charge in [0.2, 0.25) is 5.91 Å². The van der Waals surface area contributed by atoms with Crippen LogP contribution < -0.4 is 19.7 Å². The average Bonchev–Trinajstić information content (AvgIpc) is 3.21. The van der Waals surface area contributed by atoms with E-state index >= 15 is 0 Å². The van der Waals surface area contributed by atoms with Crippen LogP contribution >= 0.6 is 0 Å². The highest BCUT2D eigenvalue weighted by Crippen LogP contribution is 2.29. The molecule has 0 unspecified atom stereocenters. The number of piperidine rings is 1. The number of fused-ring (bicyclic) bond motifs is 1. The molecule has 0 atom stereocenters. The molecule has 0 spiro atoms. The molecule has 2 aromatic heterocycles. The number of ether oxygens (including phenoxy) is 2. The van der Waals surface area contributed by atoms with Crippen LogP contribution in [0.4, 0.5) is 5.82 Å². The van der Waals surface area contributed by atoms with E-state index in [4.69, 9.17) is 19.0 Å². The van der Waals surface area contributed by atoms with Crippen LogP contribution in [0.25, 0.3) is 11.1 Å². The first-order chi connectivity index (χ1) is 15.6. The smallest absolute Gasteiger partial charge is 0.263 e. The van der Waals surface area contributed by atoms with Gasteiger partial charge in [-0.05, 0) is 38.3 Å². The van der Waals surface area contributed by atoms with Gasteiger partial charge < -0.3 is 24.2 Å². The molecule has 9 heteroatoms. The van der Waals surface area contributed by atoms with E-state index in [9.17, 15) is 4.79 Å². The summed E-state index contributed by atoms with van der Waals surface area (Å²) in [7, 11) is 3.20. The van der Waals surface area contributed by atoms with E-state index in [1.165, 1.54) is 6.42 Å². The van der Waals surface area contributed by atoms with E-state index in [0.717, 1.165) is 48.4 Å². The highest BCUT2D eigenvalue weighted by Gasteiger charge is 2.21. The molecule has 1 saturated heterocycles. The number of carbonyl (C=O) groups excluding carboxylic acids is 1. The molecule has 32 heavy (non-hydrogen) atoms. The summed E-state index contributed by atoms with van der Waals surface area (Å²) in [6, 6.07) is 5.52. The Morgan fingerprint density at radius 1 is 1.16 bits per heavy atom. The van der Waals surface area contributed by atoms with Gasteiger partial charge in [-0.2, -0.15) is 4.98 Å². The van der Waals surface area contributed by atoms with Crippen molar-refractivity contribution in [2.75, 3.05) is 32.2 Å². The summed E-state index contributed by atoms with van der Waals surface area (Å²) in [4.78, 5) is 24.1. The Morgan fingerprint density at radius 2 is 1.97 bits per heavy atom. The lowest BCUT2D eigenvalue weighted by atomic mass is 10.1. The lowest BCUT2D eigenvalue weighted by Crippen LogP contribution is -2.31. The number of nitrogens with zero attached hydrogens (tertiary/aromatic N) is 4. The van der Waals surface area contributed by atoms with Crippen molar-refractivity contribution < 1.29 is 18.8 Å². The zero-order valence-electron chi connectivity index (χ0n) is 18.8. The number of anilines is 1. The molecule has 170 valence electrons. The lowest BCUT2D eigenvalue weighted by Gasteiger charge is -2.28. The summed E-state index contributed by atoms with van der Waals surface area (Å²) < 4.78 is 16.0. The van der Waals surface area contributed by atoms with E-state index in [2.05, 4.69) is 20.4 Å². The Morgan fingerprint density at radius 3 is 2.72 bits per heavy atom. The molecule has 0 saturated carbocycles. The lowest BCUT2D eigenvalue weighted by molar-refractivity contribution is -0.121. The van der Waals surface area contributed by atoms with E-state index in [-0.39, 0.29) is 12.3 Å². The number of carbonyl (C=O) groups is 1. The molecule has 1 amide bonds. The molecule has 1 aliphatic rings. The van der Waals surface area contributed by atoms with Crippen LogP contribution in [0.15, 0.2) is 22.7 Å². The zero-order chi connectivity index (χ0) is 22.5. The monoisotopic (exact) mass is 439 g/mol. The average molecular weight is 440 g/mol. The molecule has 9 nitrogen and oxygen atoms in total. The van der Waals surface area contributed by atoms with Gasteiger partial charge in [0.15, 0.2) is 0 Å². The molecule has 0 aliphatic carbocycles. The molecule has 0 bridgehead atoms. The second kappa shape index (κ2) is 9.84. The molecular weight excluding hydrogens is 410 g/mol. The molecular formula is C23H29N5O4. The van der Waals surface area contributed by atoms with E-state index < -0.39 is 0 Å². The minimum atomic E-state index is -0.0835. The van der Waals surface area contributed by atoms with Gasteiger partial charge in [-0.15, -0.1) is 0 Å². The molecule has 4 rings (SSSR count). The number of hydrogen-bond donors (Lipinski definition) is 1. The second-order valence-electron chi connectivity index (χ2n) is 7.91. The summed E-state index contributed by atoms with van der Waals surface area (Å²) in [5, 5.41) is 7.88. The van der Waals surface area contributed by atoms with Crippen LogP contribution in [0.2, 0.25) is 0 Å². The van der Waals surface area contributed by atoms with Gasteiger partial charge in [0, 0.05) is 44.1 Å². The fourth-order valence-electron chi connectivity index (χ4n) is 3.96. The topological polar surface area (TPSA) is 103 Å². The van der Waals surface area contributed by atoms with Gasteiger partial charge in [0.25, 0.3) is 5.71 Å². The SMILES string of the molecule is COc1ccc(CNC(=O)CCc2nc(N3CCCCC3)c3c(C)noc3n2)c(OC)c1. The van der Waals surface area contributed by atoms with E-state index in [1.807, 2.05) is 19.1 Å². The number of nitrogens with one attached hydrogen (secondary N) is 1. The summed E-state index contributed by atoms with van der Waals surface area (Å²) in [5.74, 6) is 2.75. The van der Waals surface area contributed by atoms with E-state index in [0.29, 0.717) is 36.0 Å². The van der Waals surface area contributed by atoms with Crippen molar-refractivity contribution in [3.05, 3.63) is 35.3 Å². The van der Waals surface area contributed by atoms with Crippen LogP contribution in [0, 0.1) is 6.92 Å². The Labute approximate surface area is 187 Å². The molecule has 1 fully saturated rings. The number of aromatic nitrogens is 3. The maximum atomic E-state index is 12.5.